The van der Waals surface area contributed by atoms with Crippen LogP contribution in [0.25, 0.3) is 0 Å². The lowest BCUT2D eigenvalue weighted by molar-refractivity contribution is 0.683. The predicted molar refractivity (Wildman–Crippen MR) is 77.8 cm³/mol. The number of nitrogens with one attached hydrogen (secondary N) is 1. The van der Waals surface area contributed by atoms with Crippen molar-refractivity contribution in [3.05, 3.63) is 70.8 Å². The van der Waals surface area contributed by atoms with Crippen LogP contribution in [0.4, 0.5) is 0 Å². The molecule has 0 fully saturated rings. The largest absolute Gasteiger partial charge is 0.312 e. The summed E-state index contributed by atoms with van der Waals surface area (Å²) in [6.45, 7) is 6.33. The molecule has 0 atom stereocenters. The van der Waals surface area contributed by atoms with Gasteiger partial charge in [0.15, 0.2) is 0 Å². The first-order valence-corrected chi connectivity index (χ1v) is 6.57. The van der Waals surface area contributed by atoms with Gasteiger partial charge in [-0.15, -0.1) is 0 Å². The molecular weight excluding hydrogens is 218 g/mol. The molecule has 2 aromatic rings. The first kappa shape index (κ1) is 12.8. The third-order valence-electron chi connectivity index (χ3n) is 3.41. The lowest BCUT2D eigenvalue weighted by Gasteiger charge is -2.09. The van der Waals surface area contributed by atoms with Gasteiger partial charge in [0.2, 0.25) is 0 Å². The highest BCUT2D eigenvalue weighted by molar-refractivity contribution is 5.26. The molecule has 0 bridgehead atoms. The zero-order valence-corrected chi connectivity index (χ0v) is 11.2. The fourth-order valence-electron chi connectivity index (χ4n) is 2.15. The Morgan fingerprint density at radius 3 is 1.94 bits per heavy atom. The minimum atomic E-state index is 0.957. The number of hydrogen-bond donors (Lipinski definition) is 1. The van der Waals surface area contributed by atoms with Gasteiger partial charge in [-0.25, -0.2) is 0 Å². The van der Waals surface area contributed by atoms with Crippen LogP contribution in [0.2, 0.25) is 0 Å². The van der Waals surface area contributed by atoms with E-state index in [1.54, 1.807) is 0 Å². The van der Waals surface area contributed by atoms with Gasteiger partial charge in [0.25, 0.3) is 0 Å². The Balaban J connectivity index is 1.80. The van der Waals surface area contributed by atoms with Gasteiger partial charge < -0.3 is 5.32 Å². The summed E-state index contributed by atoms with van der Waals surface area (Å²) in [5.41, 5.74) is 5.58. The third-order valence-corrected chi connectivity index (χ3v) is 3.41. The smallest absolute Gasteiger partial charge is 0.0208 e. The summed E-state index contributed by atoms with van der Waals surface area (Å²) in [5.74, 6) is 0. The highest BCUT2D eigenvalue weighted by atomic mass is 14.8. The molecule has 0 spiro atoms. The molecule has 1 N–H and O–H groups in total. The highest BCUT2D eigenvalue weighted by Crippen LogP contribution is 2.08. The van der Waals surface area contributed by atoms with Gasteiger partial charge in [-0.3, -0.25) is 0 Å². The van der Waals surface area contributed by atoms with Crippen molar-refractivity contribution >= 4 is 0 Å². The van der Waals surface area contributed by atoms with Crippen molar-refractivity contribution in [1.29, 1.82) is 0 Å². The van der Waals surface area contributed by atoms with E-state index < -0.39 is 0 Å². The molecule has 0 radical (unpaired) electrons. The molecule has 1 nitrogen and oxygen atoms in total. The fourth-order valence-corrected chi connectivity index (χ4v) is 2.15. The van der Waals surface area contributed by atoms with E-state index in [1.807, 2.05) is 0 Å². The molecule has 0 aliphatic rings. The van der Waals surface area contributed by atoms with Crippen LogP contribution in [0.15, 0.2) is 48.5 Å². The molecule has 94 valence electrons. The van der Waals surface area contributed by atoms with Crippen molar-refractivity contribution < 1.29 is 0 Å². The van der Waals surface area contributed by atoms with E-state index in [0.717, 1.165) is 19.5 Å². The van der Waals surface area contributed by atoms with E-state index in [0.29, 0.717) is 0 Å². The van der Waals surface area contributed by atoms with Crippen molar-refractivity contribution in [2.75, 3.05) is 6.54 Å². The Bertz CT molecular complexity index is 455. The Morgan fingerprint density at radius 1 is 0.778 bits per heavy atom. The summed E-state index contributed by atoms with van der Waals surface area (Å²) in [5, 5.41) is 3.52. The van der Waals surface area contributed by atoms with E-state index in [4.69, 9.17) is 0 Å². The zero-order valence-electron chi connectivity index (χ0n) is 11.2. The molecule has 0 aromatic heterocycles. The monoisotopic (exact) mass is 239 g/mol. The first-order valence-electron chi connectivity index (χ1n) is 6.57. The normalized spacial score (nSPS) is 10.6. The van der Waals surface area contributed by atoms with E-state index >= 15 is 0 Å². The van der Waals surface area contributed by atoms with E-state index in [9.17, 15) is 0 Å². The molecular formula is C17H21N. The van der Waals surface area contributed by atoms with Gasteiger partial charge >= 0.3 is 0 Å². The summed E-state index contributed by atoms with van der Waals surface area (Å²) in [6, 6.07) is 17.1. The van der Waals surface area contributed by atoms with Crippen LogP contribution in [0, 0.1) is 13.8 Å². The van der Waals surface area contributed by atoms with Crippen LogP contribution >= 0.6 is 0 Å². The molecule has 2 aromatic carbocycles. The van der Waals surface area contributed by atoms with E-state index in [2.05, 4.69) is 67.7 Å². The zero-order chi connectivity index (χ0) is 12.8. The standard InChI is InChI=1S/C17H21N/c1-14-7-3-5-9-16(14)11-12-18-13-17-10-6-4-8-15(17)2/h3-10,18H,11-13H2,1-2H3. The summed E-state index contributed by atoms with van der Waals surface area (Å²) < 4.78 is 0. The summed E-state index contributed by atoms with van der Waals surface area (Å²) in [4.78, 5) is 0. The molecule has 2 rings (SSSR count). The molecule has 0 aliphatic carbocycles. The molecule has 0 saturated carbocycles. The lowest BCUT2D eigenvalue weighted by Crippen LogP contribution is -2.17. The van der Waals surface area contributed by atoms with Crippen LogP contribution in [0.1, 0.15) is 22.3 Å². The Hall–Kier alpha value is -1.60. The fraction of sp³-hybridized carbons (Fsp3) is 0.294. The van der Waals surface area contributed by atoms with Crippen molar-refractivity contribution in [3.8, 4) is 0 Å². The summed E-state index contributed by atoms with van der Waals surface area (Å²) >= 11 is 0. The second-order valence-corrected chi connectivity index (χ2v) is 4.78. The quantitative estimate of drug-likeness (QED) is 0.786. The number of rotatable bonds is 5. The third kappa shape index (κ3) is 3.44. The molecule has 0 saturated heterocycles. The van der Waals surface area contributed by atoms with Gasteiger partial charge in [0, 0.05) is 6.54 Å². The van der Waals surface area contributed by atoms with E-state index in [1.165, 1.54) is 22.3 Å². The maximum atomic E-state index is 3.52. The van der Waals surface area contributed by atoms with Crippen molar-refractivity contribution in [2.45, 2.75) is 26.8 Å². The number of benzene rings is 2. The van der Waals surface area contributed by atoms with Gasteiger partial charge in [-0.2, -0.15) is 0 Å². The first-order chi connectivity index (χ1) is 8.77. The van der Waals surface area contributed by atoms with Crippen LogP contribution in [-0.4, -0.2) is 6.54 Å². The van der Waals surface area contributed by atoms with Gasteiger partial charge in [0.1, 0.15) is 0 Å². The van der Waals surface area contributed by atoms with Crippen molar-refractivity contribution in [1.82, 2.24) is 5.32 Å². The average molecular weight is 239 g/mol. The molecule has 0 amide bonds. The number of aryl methyl sites for hydroxylation is 2. The van der Waals surface area contributed by atoms with Gasteiger partial charge in [-0.1, -0.05) is 48.5 Å². The average Bonchev–Trinajstić information content (AvgIpc) is 2.38. The van der Waals surface area contributed by atoms with Crippen LogP contribution in [-0.2, 0) is 13.0 Å². The maximum Gasteiger partial charge on any atom is 0.0208 e. The Kier molecular flexibility index (Phi) is 4.54. The topological polar surface area (TPSA) is 12.0 Å². The second kappa shape index (κ2) is 6.36. The lowest BCUT2D eigenvalue weighted by atomic mass is 10.1. The Labute approximate surface area is 110 Å². The molecule has 0 aliphatic heterocycles. The van der Waals surface area contributed by atoms with Crippen molar-refractivity contribution in [3.63, 3.8) is 0 Å². The number of hydrogen-bond acceptors (Lipinski definition) is 1. The maximum absolute atomic E-state index is 3.52. The summed E-state index contributed by atoms with van der Waals surface area (Å²) in [6.07, 6.45) is 1.10. The van der Waals surface area contributed by atoms with Gasteiger partial charge in [0.05, 0.1) is 0 Å². The second-order valence-electron chi connectivity index (χ2n) is 4.78. The molecule has 0 unspecified atom stereocenters. The predicted octanol–water partition coefficient (Wildman–Crippen LogP) is 3.64. The Morgan fingerprint density at radius 2 is 1.33 bits per heavy atom. The van der Waals surface area contributed by atoms with E-state index in [-0.39, 0.29) is 0 Å². The molecule has 0 heterocycles. The minimum Gasteiger partial charge on any atom is -0.312 e. The SMILES string of the molecule is Cc1ccccc1CCNCc1ccccc1C. The van der Waals surface area contributed by atoms with Crippen LogP contribution in [0.3, 0.4) is 0 Å². The summed E-state index contributed by atoms with van der Waals surface area (Å²) in [7, 11) is 0. The van der Waals surface area contributed by atoms with Crippen molar-refractivity contribution in [2.24, 2.45) is 0 Å². The van der Waals surface area contributed by atoms with Gasteiger partial charge in [-0.05, 0) is 49.1 Å². The molecule has 1 heteroatoms. The highest BCUT2D eigenvalue weighted by Gasteiger charge is 1.98. The van der Waals surface area contributed by atoms with Crippen LogP contribution in [0.5, 0.6) is 0 Å². The molecule has 18 heavy (non-hydrogen) atoms. The minimum absolute atomic E-state index is 0.957. The van der Waals surface area contributed by atoms with Crippen LogP contribution < -0.4 is 5.32 Å².